The molecular weight excluding hydrogens is 263 g/mol. The number of nitrogens with zero attached hydrogens (tertiary/aromatic N) is 2. The summed E-state index contributed by atoms with van der Waals surface area (Å²) in [6, 6.07) is 0. The molecule has 0 aliphatic carbocycles. The molecule has 0 heterocycles. The van der Waals surface area contributed by atoms with E-state index in [9.17, 15) is 0 Å². The zero-order valence-corrected chi connectivity index (χ0v) is 11.9. The van der Waals surface area contributed by atoms with Crippen LogP contribution in [0.4, 0.5) is 0 Å². The van der Waals surface area contributed by atoms with Gasteiger partial charge in [-0.15, -0.1) is 0 Å². The summed E-state index contributed by atoms with van der Waals surface area (Å²) in [5.41, 5.74) is 1.83. The van der Waals surface area contributed by atoms with Gasteiger partial charge in [-0.25, -0.2) is 0 Å². The maximum absolute atomic E-state index is 9.04. The third kappa shape index (κ3) is 13.1. The number of aliphatic imine (C=N–C) groups is 2. The Bertz CT molecular complexity index is 290. The molecule has 0 radical (unpaired) electrons. The Morgan fingerprint density at radius 3 is 1.29 bits per heavy atom. The standard InChI is InChI=1S/C12H20N2O2.Ni/c1-9(7-11(3)15)13-5-6-14-10(2)8-12(4)16;/h5-8H2,1-4H3;/p+2. The summed E-state index contributed by atoms with van der Waals surface area (Å²) in [6.07, 6.45) is 1.07. The molecule has 100 valence electrons. The van der Waals surface area contributed by atoms with Crippen molar-refractivity contribution >= 4 is 23.0 Å². The van der Waals surface area contributed by atoms with E-state index in [0.29, 0.717) is 37.5 Å². The van der Waals surface area contributed by atoms with Crippen molar-refractivity contribution in [2.45, 2.75) is 40.5 Å². The van der Waals surface area contributed by atoms with E-state index in [4.69, 9.17) is 9.59 Å². The van der Waals surface area contributed by atoms with Crippen molar-refractivity contribution in [3.8, 4) is 0 Å². The van der Waals surface area contributed by atoms with Gasteiger partial charge >= 0.3 is 0 Å². The van der Waals surface area contributed by atoms with Gasteiger partial charge < -0.3 is 0 Å². The topological polar surface area (TPSA) is 67.5 Å². The predicted octanol–water partition coefficient (Wildman–Crippen LogP) is 1.82. The Balaban J connectivity index is 0. The SMILES string of the molecule is CC(=[OH+])CC(C)=NCCN=C(C)CC(C)=[OH+].[Ni]. The molecule has 2 N–H and O–H groups in total. The molecule has 0 rings (SSSR count). The molecule has 0 amide bonds. The van der Waals surface area contributed by atoms with Crippen molar-refractivity contribution in [1.82, 2.24) is 0 Å². The summed E-state index contributed by atoms with van der Waals surface area (Å²) in [7, 11) is 0. The first-order valence-electron chi connectivity index (χ1n) is 5.44. The monoisotopic (exact) mass is 284 g/mol. The molecule has 0 unspecified atom stereocenters. The molecule has 0 aliphatic rings. The average Bonchev–Trinajstić information content (AvgIpc) is 2.10. The number of hydrogen-bond donors (Lipinski definition) is 0. The van der Waals surface area contributed by atoms with Gasteiger partial charge in [0, 0.05) is 41.8 Å². The molecule has 0 aromatic rings. The second-order valence-corrected chi connectivity index (χ2v) is 4.06. The van der Waals surface area contributed by atoms with Crippen LogP contribution in [0.2, 0.25) is 0 Å². The summed E-state index contributed by atoms with van der Waals surface area (Å²) < 4.78 is 0. The largest absolute Gasteiger partial charge is 0.295 e. The summed E-state index contributed by atoms with van der Waals surface area (Å²) in [4.78, 5) is 26.6. The van der Waals surface area contributed by atoms with Gasteiger partial charge in [-0.05, 0) is 13.8 Å². The van der Waals surface area contributed by atoms with Crippen molar-refractivity contribution in [3.63, 3.8) is 0 Å². The molecule has 0 bridgehead atoms. The van der Waals surface area contributed by atoms with Crippen LogP contribution in [0.1, 0.15) is 40.5 Å². The Hall–Kier alpha value is -0.826. The van der Waals surface area contributed by atoms with Crippen LogP contribution in [-0.2, 0) is 16.5 Å². The second-order valence-electron chi connectivity index (χ2n) is 4.06. The van der Waals surface area contributed by atoms with E-state index in [1.54, 1.807) is 13.8 Å². The van der Waals surface area contributed by atoms with Gasteiger partial charge in [0.15, 0.2) is 0 Å². The first kappa shape index (κ1) is 18.5. The summed E-state index contributed by atoms with van der Waals surface area (Å²) in [6.45, 7) is 8.37. The summed E-state index contributed by atoms with van der Waals surface area (Å²) in [5.74, 6) is 0.762. The van der Waals surface area contributed by atoms with Gasteiger partial charge in [-0.3, -0.25) is 19.6 Å². The van der Waals surface area contributed by atoms with Crippen molar-refractivity contribution in [2.24, 2.45) is 9.98 Å². The normalized spacial score (nSPS) is 12.0. The van der Waals surface area contributed by atoms with Gasteiger partial charge in [0.1, 0.15) is 0 Å². The van der Waals surface area contributed by atoms with Crippen molar-refractivity contribution < 1.29 is 26.1 Å². The zero-order chi connectivity index (χ0) is 12.6. The van der Waals surface area contributed by atoms with E-state index in [1.165, 1.54) is 0 Å². The molecule has 0 saturated heterocycles. The Labute approximate surface area is 113 Å². The Kier molecular flexibility index (Phi) is 11.3. The van der Waals surface area contributed by atoms with Crippen molar-refractivity contribution in [2.75, 3.05) is 13.1 Å². The summed E-state index contributed by atoms with van der Waals surface area (Å²) in [5, 5.41) is 0. The van der Waals surface area contributed by atoms with Crippen LogP contribution in [0, 0.1) is 0 Å². The zero-order valence-electron chi connectivity index (χ0n) is 10.9. The van der Waals surface area contributed by atoms with Gasteiger partial charge in [-0.2, -0.15) is 0 Å². The van der Waals surface area contributed by atoms with Crippen LogP contribution >= 0.6 is 0 Å². The fourth-order valence-electron chi connectivity index (χ4n) is 1.33. The van der Waals surface area contributed by atoms with Gasteiger partial charge in [0.2, 0.25) is 0 Å². The average molecular weight is 285 g/mol. The molecule has 0 fully saturated rings. The number of ketones is 2. The molecule has 4 nitrogen and oxygen atoms in total. The van der Waals surface area contributed by atoms with Crippen LogP contribution in [0.15, 0.2) is 9.98 Å². The number of hydrogen-bond acceptors (Lipinski definition) is 2. The number of carbonyl (C=O) groups excluding carboxylic acids is 2. The molecule has 0 aromatic heterocycles. The minimum atomic E-state index is 0. The van der Waals surface area contributed by atoms with Crippen LogP contribution in [0.5, 0.6) is 0 Å². The predicted molar refractivity (Wildman–Crippen MR) is 70.4 cm³/mol. The molecule has 17 heavy (non-hydrogen) atoms. The third-order valence-electron chi connectivity index (χ3n) is 1.89. The van der Waals surface area contributed by atoms with Crippen molar-refractivity contribution in [3.05, 3.63) is 0 Å². The van der Waals surface area contributed by atoms with Crippen molar-refractivity contribution in [1.29, 1.82) is 0 Å². The van der Waals surface area contributed by atoms with Crippen LogP contribution in [0.25, 0.3) is 0 Å². The van der Waals surface area contributed by atoms with E-state index >= 15 is 0 Å². The fourth-order valence-corrected chi connectivity index (χ4v) is 1.33. The maximum Gasteiger partial charge on any atom is 0.295 e. The molecule has 0 saturated carbocycles. The fraction of sp³-hybridized carbons (Fsp3) is 0.667. The van der Waals surface area contributed by atoms with Gasteiger partial charge in [0.25, 0.3) is 11.6 Å². The van der Waals surface area contributed by atoms with Gasteiger partial charge in [-0.1, -0.05) is 0 Å². The number of rotatable bonds is 7. The second kappa shape index (κ2) is 10.3. The molecule has 0 aliphatic heterocycles. The van der Waals surface area contributed by atoms with E-state index in [0.717, 1.165) is 11.4 Å². The van der Waals surface area contributed by atoms with Crippen LogP contribution in [-0.4, -0.2) is 45.7 Å². The third-order valence-corrected chi connectivity index (χ3v) is 1.89. The van der Waals surface area contributed by atoms with E-state index in [1.807, 2.05) is 13.8 Å². The maximum atomic E-state index is 9.04. The minimum Gasteiger partial charge on any atom is -0.292 e. The molecule has 5 heteroatoms. The summed E-state index contributed by atoms with van der Waals surface area (Å²) >= 11 is 0. The Morgan fingerprint density at radius 2 is 1.06 bits per heavy atom. The molecule has 0 spiro atoms. The van der Waals surface area contributed by atoms with E-state index in [2.05, 4.69) is 9.98 Å². The van der Waals surface area contributed by atoms with E-state index < -0.39 is 0 Å². The first-order valence-corrected chi connectivity index (χ1v) is 5.44. The smallest absolute Gasteiger partial charge is 0.292 e. The molecule has 0 aromatic carbocycles. The minimum absolute atomic E-state index is 0. The quantitative estimate of drug-likeness (QED) is 0.296. The van der Waals surface area contributed by atoms with Gasteiger partial charge in [0.05, 0.1) is 25.9 Å². The molecular formula is C12H22N2NiO2+2. The van der Waals surface area contributed by atoms with Crippen LogP contribution < -0.4 is 0 Å². The van der Waals surface area contributed by atoms with Crippen LogP contribution in [0.3, 0.4) is 0 Å². The Morgan fingerprint density at radius 1 is 0.765 bits per heavy atom. The first-order chi connectivity index (χ1) is 7.41. The van der Waals surface area contributed by atoms with E-state index in [-0.39, 0.29) is 16.5 Å². The molecule has 0 atom stereocenters.